The van der Waals surface area contributed by atoms with Crippen molar-refractivity contribution >= 4 is 39.0 Å². The Balaban J connectivity index is 1.07. The lowest BCUT2D eigenvalue weighted by Crippen LogP contribution is -2.29. The minimum atomic E-state index is -0.724. The van der Waals surface area contributed by atoms with Crippen molar-refractivity contribution in [1.82, 2.24) is 0 Å². The Bertz CT molecular complexity index is 4130. The highest BCUT2D eigenvalue weighted by atomic mass is 16.5. The number of anilines is 3. The Morgan fingerprint density at radius 1 is 0.286 bits per heavy atom. The molecular formula is C67H41NO2. The van der Waals surface area contributed by atoms with Gasteiger partial charge in [-0.2, -0.15) is 0 Å². The lowest BCUT2D eigenvalue weighted by molar-refractivity contribution is 0.488. The molecule has 0 fully saturated rings. The van der Waals surface area contributed by atoms with Gasteiger partial charge in [-0.3, -0.25) is 0 Å². The summed E-state index contributed by atoms with van der Waals surface area (Å²) in [5.74, 6) is 1.69. The molecule has 2 heterocycles. The van der Waals surface area contributed by atoms with Crippen LogP contribution >= 0.6 is 0 Å². The average Bonchev–Trinajstić information content (AvgIpc) is 3.84. The predicted octanol–water partition coefficient (Wildman–Crippen LogP) is 18.2. The zero-order valence-electron chi connectivity index (χ0n) is 37.9. The lowest BCUT2D eigenvalue weighted by Gasteiger charge is -2.37. The molecule has 3 nitrogen and oxygen atoms in total. The third-order valence-electron chi connectivity index (χ3n) is 15.1. The Labute approximate surface area is 405 Å². The number of furan rings is 1. The topological polar surface area (TPSA) is 25.6 Å². The summed E-state index contributed by atoms with van der Waals surface area (Å²) in [6.07, 6.45) is 0. The molecule has 70 heavy (non-hydrogen) atoms. The molecule has 326 valence electrons. The quantitative estimate of drug-likeness (QED) is 0.176. The number of benzene rings is 11. The van der Waals surface area contributed by atoms with E-state index in [4.69, 9.17) is 9.15 Å². The molecule has 15 rings (SSSR count). The second kappa shape index (κ2) is 14.9. The summed E-state index contributed by atoms with van der Waals surface area (Å²) >= 11 is 0. The molecule has 3 heteroatoms. The van der Waals surface area contributed by atoms with E-state index in [9.17, 15) is 0 Å². The Morgan fingerprint density at radius 2 is 0.786 bits per heavy atom. The standard InChI is InChI=1S/C67H41NO2/c1-2-18-42(19-3-1)45-20-8-14-30-62(45)68(43-34-36-48-52-25-9-15-31-63(52)69-64-32-16-10-26-53(64)55(48)38-43)44-35-37-51-47-22-5-4-21-46(47)49-23-6-12-28-58(49)67(60(51)39-44)59-29-13-7-24-50(59)56-41-66-57(40-61(56)67)54-27-11-17-33-65(54)70-66/h1-41H. The number of fused-ring (bicyclic) bond motifs is 20. The highest BCUT2D eigenvalue weighted by Crippen LogP contribution is 2.63. The SMILES string of the molecule is c1ccc(-c2ccccc2N(c2ccc3c(c2)-c2ccccc2Oc2ccccc2-3)c2ccc3c(c2)C2(c4ccccc4-c4ccccc4-3)c3ccccc3-c3cc4oc5ccccc5c4cc32)cc1. The monoisotopic (exact) mass is 891 g/mol. The molecule has 3 aliphatic rings. The number of para-hydroxylation sites is 4. The van der Waals surface area contributed by atoms with Crippen LogP contribution in [0.1, 0.15) is 22.3 Å². The molecule has 0 saturated carbocycles. The van der Waals surface area contributed by atoms with Crippen LogP contribution in [0.3, 0.4) is 0 Å². The first-order valence-electron chi connectivity index (χ1n) is 24.1. The van der Waals surface area contributed by atoms with E-state index < -0.39 is 5.41 Å². The maximum atomic E-state index is 6.70. The third kappa shape index (κ3) is 5.46. The average molecular weight is 892 g/mol. The molecule has 1 atom stereocenters. The van der Waals surface area contributed by atoms with Gasteiger partial charge in [0.2, 0.25) is 0 Å². The molecule has 1 spiro atoms. The highest BCUT2D eigenvalue weighted by molar-refractivity contribution is 6.09. The van der Waals surface area contributed by atoms with Crippen molar-refractivity contribution < 1.29 is 9.15 Å². The highest BCUT2D eigenvalue weighted by Gasteiger charge is 2.50. The van der Waals surface area contributed by atoms with Gasteiger partial charge in [-0.25, -0.2) is 0 Å². The van der Waals surface area contributed by atoms with Gasteiger partial charge >= 0.3 is 0 Å². The van der Waals surface area contributed by atoms with E-state index in [-0.39, 0.29) is 0 Å². The van der Waals surface area contributed by atoms with Crippen LogP contribution in [0.15, 0.2) is 253 Å². The van der Waals surface area contributed by atoms with Crippen molar-refractivity contribution in [2.75, 3.05) is 4.90 Å². The van der Waals surface area contributed by atoms with Crippen molar-refractivity contribution in [2.24, 2.45) is 0 Å². The van der Waals surface area contributed by atoms with Crippen LogP contribution in [0.25, 0.3) is 88.7 Å². The van der Waals surface area contributed by atoms with E-state index in [0.29, 0.717) is 0 Å². The number of rotatable bonds is 4. The zero-order valence-corrected chi connectivity index (χ0v) is 37.9. The summed E-state index contributed by atoms with van der Waals surface area (Å²) in [5.41, 5.74) is 23.2. The summed E-state index contributed by atoms with van der Waals surface area (Å²) in [7, 11) is 0. The normalized spacial score (nSPS) is 14.5. The van der Waals surface area contributed by atoms with E-state index in [1.165, 1.54) is 55.6 Å². The van der Waals surface area contributed by atoms with Crippen LogP contribution in [0.4, 0.5) is 17.1 Å². The van der Waals surface area contributed by atoms with Crippen molar-refractivity contribution in [3.63, 3.8) is 0 Å². The summed E-state index contributed by atoms with van der Waals surface area (Å²) in [5, 5.41) is 2.24. The smallest absolute Gasteiger partial charge is 0.136 e. The number of hydrogen-bond acceptors (Lipinski definition) is 3. The molecule has 1 unspecified atom stereocenters. The van der Waals surface area contributed by atoms with Gasteiger partial charge in [-0.05, 0) is 133 Å². The van der Waals surface area contributed by atoms with Gasteiger partial charge in [0, 0.05) is 38.8 Å². The van der Waals surface area contributed by atoms with Crippen LogP contribution in [0.5, 0.6) is 11.5 Å². The van der Waals surface area contributed by atoms with Crippen molar-refractivity contribution in [3.05, 3.63) is 271 Å². The van der Waals surface area contributed by atoms with Crippen LogP contribution < -0.4 is 9.64 Å². The van der Waals surface area contributed by atoms with Crippen LogP contribution in [0.2, 0.25) is 0 Å². The van der Waals surface area contributed by atoms with Crippen LogP contribution in [-0.2, 0) is 5.41 Å². The minimum Gasteiger partial charge on any atom is -0.456 e. The van der Waals surface area contributed by atoms with Crippen molar-refractivity contribution in [2.45, 2.75) is 5.41 Å². The first-order chi connectivity index (χ1) is 34.7. The number of nitrogens with zero attached hydrogens (tertiary/aromatic N) is 1. The van der Waals surface area contributed by atoms with Crippen LogP contribution in [-0.4, -0.2) is 0 Å². The maximum absolute atomic E-state index is 6.70. The first kappa shape index (κ1) is 38.9. The molecular weight excluding hydrogens is 851 g/mol. The molecule has 12 aromatic rings. The summed E-state index contributed by atoms with van der Waals surface area (Å²) < 4.78 is 13.4. The fraction of sp³-hybridized carbons (Fsp3) is 0.0149. The second-order valence-electron chi connectivity index (χ2n) is 18.7. The number of hydrogen-bond donors (Lipinski definition) is 0. The van der Waals surface area contributed by atoms with Gasteiger partial charge in [-0.15, -0.1) is 0 Å². The molecule has 1 aliphatic heterocycles. The van der Waals surface area contributed by atoms with E-state index >= 15 is 0 Å². The van der Waals surface area contributed by atoms with E-state index in [1.54, 1.807) is 0 Å². The van der Waals surface area contributed by atoms with Gasteiger partial charge in [0.1, 0.15) is 22.7 Å². The lowest BCUT2D eigenvalue weighted by atomic mass is 9.65. The molecule has 0 bridgehead atoms. The summed E-state index contributed by atoms with van der Waals surface area (Å²) in [6, 6.07) is 91.0. The van der Waals surface area contributed by atoms with E-state index in [0.717, 1.165) is 83.9 Å². The van der Waals surface area contributed by atoms with Gasteiger partial charge in [0.25, 0.3) is 0 Å². The largest absolute Gasteiger partial charge is 0.456 e. The predicted molar refractivity (Wildman–Crippen MR) is 287 cm³/mol. The molecule has 0 N–H and O–H groups in total. The number of ether oxygens (including phenoxy) is 1. The van der Waals surface area contributed by atoms with Crippen molar-refractivity contribution in [1.29, 1.82) is 0 Å². The van der Waals surface area contributed by atoms with E-state index in [2.05, 4.69) is 248 Å². The molecule has 1 aromatic heterocycles. The third-order valence-corrected chi connectivity index (χ3v) is 15.1. The maximum Gasteiger partial charge on any atom is 0.136 e. The Kier molecular flexibility index (Phi) is 8.28. The fourth-order valence-electron chi connectivity index (χ4n) is 12.2. The summed E-state index contributed by atoms with van der Waals surface area (Å²) in [6.45, 7) is 0. The minimum absolute atomic E-state index is 0.724. The Morgan fingerprint density at radius 3 is 1.51 bits per heavy atom. The first-order valence-corrected chi connectivity index (χ1v) is 24.1. The summed E-state index contributed by atoms with van der Waals surface area (Å²) in [4.78, 5) is 2.48. The second-order valence-corrected chi connectivity index (χ2v) is 18.7. The van der Waals surface area contributed by atoms with Crippen molar-refractivity contribution in [3.8, 4) is 78.3 Å². The van der Waals surface area contributed by atoms with Gasteiger partial charge in [0.05, 0.1) is 11.1 Å². The van der Waals surface area contributed by atoms with Gasteiger partial charge in [-0.1, -0.05) is 188 Å². The molecule has 0 saturated heterocycles. The molecule has 11 aromatic carbocycles. The van der Waals surface area contributed by atoms with Gasteiger partial charge < -0.3 is 14.1 Å². The zero-order chi connectivity index (χ0) is 45.9. The molecule has 0 radical (unpaired) electrons. The molecule has 2 aliphatic carbocycles. The molecule has 0 amide bonds. The van der Waals surface area contributed by atoms with Gasteiger partial charge in [0.15, 0.2) is 0 Å². The van der Waals surface area contributed by atoms with Crippen LogP contribution in [0, 0.1) is 0 Å². The van der Waals surface area contributed by atoms with E-state index in [1.807, 2.05) is 6.07 Å². The Hall–Kier alpha value is -9.18. The fourth-order valence-corrected chi connectivity index (χ4v) is 12.2.